The van der Waals surface area contributed by atoms with Crippen molar-refractivity contribution in [2.45, 2.75) is 24.0 Å². The monoisotopic (exact) mass is 289 g/mol. The first-order valence-corrected chi connectivity index (χ1v) is 7.94. The first-order valence-electron chi connectivity index (χ1n) is 5.86. The van der Waals surface area contributed by atoms with Crippen LogP contribution in [0.4, 0.5) is 5.69 Å². The third kappa shape index (κ3) is 3.37. The molecule has 0 amide bonds. The Hall–Kier alpha value is -0.780. The largest absolute Gasteiger partial charge is 0.381 e. The molecule has 6 heteroatoms. The van der Waals surface area contributed by atoms with Crippen molar-refractivity contribution in [2.75, 3.05) is 17.9 Å². The van der Waals surface area contributed by atoms with E-state index in [9.17, 15) is 8.42 Å². The second kappa shape index (κ2) is 5.91. The molecule has 0 unspecified atom stereocenters. The van der Waals surface area contributed by atoms with Crippen LogP contribution in [-0.2, 0) is 20.6 Å². The van der Waals surface area contributed by atoms with Gasteiger partial charge in [0.15, 0.2) is 0 Å². The number of anilines is 1. The number of hydrogen-bond donors (Lipinski definition) is 1. The van der Waals surface area contributed by atoms with Crippen molar-refractivity contribution in [1.29, 1.82) is 0 Å². The van der Waals surface area contributed by atoms with Gasteiger partial charge in [-0.3, -0.25) is 4.72 Å². The van der Waals surface area contributed by atoms with Gasteiger partial charge in [0.2, 0.25) is 10.0 Å². The third-order valence-corrected chi connectivity index (χ3v) is 5.13. The van der Waals surface area contributed by atoms with Crippen molar-refractivity contribution in [2.24, 2.45) is 0 Å². The second-order valence-corrected chi connectivity index (χ2v) is 6.52. The maximum Gasteiger partial charge on any atom is 0.235 e. The maximum absolute atomic E-state index is 12.2. The topological polar surface area (TPSA) is 55.4 Å². The minimum atomic E-state index is -3.33. The summed E-state index contributed by atoms with van der Waals surface area (Å²) >= 11 is 5.73. The van der Waals surface area contributed by atoms with Gasteiger partial charge in [-0.05, 0) is 30.5 Å². The molecular weight excluding hydrogens is 274 g/mol. The van der Waals surface area contributed by atoms with E-state index in [-0.39, 0.29) is 5.25 Å². The predicted molar refractivity (Wildman–Crippen MR) is 72.4 cm³/mol. The Morgan fingerprint density at radius 3 is 2.72 bits per heavy atom. The van der Waals surface area contributed by atoms with Crippen LogP contribution in [0.25, 0.3) is 0 Å². The summed E-state index contributed by atoms with van der Waals surface area (Å²) in [6, 6.07) is 7.13. The number of benzene rings is 1. The molecule has 1 heterocycles. The zero-order valence-electron chi connectivity index (χ0n) is 9.93. The number of alkyl halides is 1. The zero-order valence-corrected chi connectivity index (χ0v) is 11.5. The van der Waals surface area contributed by atoms with E-state index in [2.05, 4.69) is 4.72 Å². The van der Waals surface area contributed by atoms with E-state index in [0.29, 0.717) is 37.6 Å². The highest BCUT2D eigenvalue weighted by molar-refractivity contribution is 7.93. The molecule has 0 saturated carbocycles. The number of nitrogens with one attached hydrogen (secondary N) is 1. The highest BCUT2D eigenvalue weighted by Gasteiger charge is 2.27. The Kier molecular flexibility index (Phi) is 4.48. The highest BCUT2D eigenvalue weighted by atomic mass is 35.5. The molecule has 0 bridgehead atoms. The lowest BCUT2D eigenvalue weighted by molar-refractivity contribution is 0.0984. The fraction of sp³-hybridized carbons (Fsp3) is 0.500. The SMILES string of the molecule is O=S(=O)(Nc1cccc(CCl)c1)C1CCOCC1. The number of sulfonamides is 1. The molecule has 100 valence electrons. The van der Waals surface area contributed by atoms with Crippen LogP contribution in [0.1, 0.15) is 18.4 Å². The van der Waals surface area contributed by atoms with Gasteiger partial charge in [-0.15, -0.1) is 11.6 Å². The van der Waals surface area contributed by atoms with Gasteiger partial charge in [0.1, 0.15) is 0 Å². The zero-order chi connectivity index (χ0) is 13.0. The van der Waals surface area contributed by atoms with E-state index < -0.39 is 10.0 Å². The lowest BCUT2D eigenvalue weighted by atomic mass is 10.2. The Labute approximate surface area is 112 Å². The van der Waals surface area contributed by atoms with Gasteiger partial charge < -0.3 is 4.74 Å². The number of hydrogen-bond acceptors (Lipinski definition) is 3. The first-order chi connectivity index (χ1) is 8.62. The Balaban J connectivity index is 2.11. The summed E-state index contributed by atoms with van der Waals surface area (Å²) in [6.07, 6.45) is 1.09. The van der Waals surface area contributed by atoms with Crippen LogP contribution < -0.4 is 4.72 Å². The Bertz CT molecular complexity index is 498. The van der Waals surface area contributed by atoms with Crippen molar-refractivity contribution in [1.82, 2.24) is 0 Å². The van der Waals surface area contributed by atoms with Crippen molar-refractivity contribution in [3.8, 4) is 0 Å². The molecule has 1 aromatic carbocycles. The Morgan fingerprint density at radius 2 is 2.06 bits per heavy atom. The van der Waals surface area contributed by atoms with Crippen LogP contribution >= 0.6 is 11.6 Å². The van der Waals surface area contributed by atoms with E-state index >= 15 is 0 Å². The van der Waals surface area contributed by atoms with Crippen LogP contribution in [0.15, 0.2) is 24.3 Å². The minimum Gasteiger partial charge on any atom is -0.381 e. The summed E-state index contributed by atoms with van der Waals surface area (Å²) in [4.78, 5) is 0. The number of rotatable bonds is 4. The predicted octanol–water partition coefficient (Wildman–Crippen LogP) is 2.35. The van der Waals surface area contributed by atoms with Crippen molar-refractivity contribution >= 4 is 27.3 Å². The molecule has 2 rings (SSSR count). The summed E-state index contributed by atoms with van der Waals surface area (Å²) in [6.45, 7) is 1.01. The Morgan fingerprint density at radius 1 is 1.33 bits per heavy atom. The van der Waals surface area contributed by atoms with Gasteiger partial charge in [0, 0.05) is 24.8 Å². The number of ether oxygens (including phenoxy) is 1. The number of halogens is 1. The molecule has 18 heavy (non-hydrogen) atoms. The van der Waals surface area contributed by atoms with E-state index in [4.69, 9.17) is 16.3 Å². The molecule has 1 N–H and O–H groups in total. The van der Waals surface area contributed by atoms with Gasteiger partial charge in [0.25, 0.3) is 0 Å². The first kappa shape index (κ1) is 13.6. The van der Waals surface area contributed by atoms with Crippen LogP contribution in [-0.4, -0.2) is 26.9 Å². The van der Waals surface area contributed by atoms with Gasteiger partial charge in [0.05, 0.1) is 5.25 Å². The smallest absolute Gasteiger partial charge is 0.235 e. The molecular formula is C12H16ClNO3S. The quantitative estimate of drug-likeness (QED) is 0.866. The van der Waals surface area contributed by atoms with E-state index in [1.165, 1.54) is 0 Å². The van der Waals surface area contributed by atoms with Gasteiger partial charge in [-0.1, -0.05) is 12.1 Å². The summed E-state index contributed by atoms with van der Waals surface area (Å²) < 4.78 is 32.1. The molecule has 0 aromatic heterocycles. The summed E-state index contributed by atoms with van der Waals surface area (Å²) in [5, 5.41) is -0.370. The second-order valence-electron chi connectivity index (χ2n) is 4.29. The molecule has 1 aliphatic rings. The van der Waals surface area contributed by atoms with E-state index in [1.807, 2.05) is 6.07 Å². The fourth-order valence-corrected chi connectivity index (χ4v) is 3.55. The summed E-state index contributed by atoms with van der Waals surface area (Å²) in [7, 11) is -3.33. The van der Waals surface area contributed by atoms with Crippen molar-refractivity contribution < 1.29 is 13.2 Å². The van der Waals surface area contributed by atoms with Gasteiger partial charge >= 0.3 is 0 Å². The molecule has 0 atom stereocenters. The normalized spacial score (nSPS) is 17.6. The van der Waals surface area contributed by atoms with Crippen LogP contribution in [0.5, 0.6) is 0 Å². The van der Waals surface area contributed by atoms with Crippen LogP contribution in [0, 0.1) is 0 Å². The summed E-state index contributed by atoms with van der Waals surface area (Å²) in [5.74, 6) is 0.368. The van der Waals surface area contributed by atoms with Crippen LogP contribution in [0.3, 0.4) is 0 Å². The molecule has 4 nitrogen and oxygen atoms in total. The standard InChI is InChI=1S/C12H16ClNO3S/c13-9-10-2-1-3-11(8-10)14-18(15,16)12-4-6-17-7-5-12/h1-3,8,12,14H,4-7,9H2. The van der Waals surface area contributed by atoms with Crippen LogP contribution in [0.2, 0.25) is 0 Å². The van der Waals surface area contributed by atoms with E-state index in [0.717, 1.165) is 5.56 Å². The molecule has 1 aromatic rings. The molecule has 1 saturated heterocycles. The van der Waals surface area contributed by atoms with Gasteiger partial charge in [-0.25, -0.2) is 8.42 Å². The third-order valence-electron chi connectivity index (χ3n) is 2.95. The molecule has 0 aliphatic carbocycles. The molecule has 0 spiro atoms. The molecule has 1 fully saturated rings. The van der Waals surface area contributed by atoms with Gasteiger partial charge in [-0.2, -0.15) is 0 Å². The highest BCUT2D eigenvalue weighted by Crippen LogP contribution is 2.20. The van der Waals surface area contributed by atoms with Crippen molar-refractivity contribution in [3.63, 3.8) is 0 Å². The average Bonchev–Trinajstić information content (AvgIpc) is 2.39. The fourth-order valence-electron chi connectivity index (χ4n) is 1.95. The minimum absolute atomic E-state index is 0.368. The van der Waals surface area contributed by atoms with E-state index in [1.54, 1.807) is 18.2 Å². The maximum atomic E-state index is 12.2. The lowest BCUT2D eigenvalue weighted by Gasteiger charge is -2.22. The molecule has 0 radical (unpaired) electrons. The molecule has 1 aliphatic heterocycles. The lowest BCUT2D eigenvalue weighted by Crippen LogP contribution is -2.33. The van der Waals surface area contributed by atoms with Crippen molar-refractivity contribution in [3.05, 3.63) is 29.8 Å². The average molecular weight is 290 g/mol. The summed E-state index contributed by atoms with van der Waals surface area (Å²) in [5.41, 5.74) is 1.46.